The summed E-state index contributed by atoms with van der Waals surface area (Å²) in [6.45, 7) is 0. The molecule has 0 radical (unpaired) electrons. The lowest BCUT2D eigenvalue weighted by atomic mass is 10.2. The van der Waals surface area contributed by atoms with E-state index in [9.17, 15) is 0 Å². The summed E-state index contributed by atoms with van der Waals surface area (Å²) >= 11 is 6.22. The van der Waals surface area contributed by atoms with Gasteiger partial charge < -0.3 is 15.2 Å². The van der Waals surface area contributed by atoms with Gasteiger partial charge >= 0.3 is 0 Å². The van der Waals surface area contributed by atoms with Crippen molar-refractivity contribution < 1.29 is 9.47 Å². The van der Waals surface area contributed by atoms with Gasteiger partial charge in [0.1, 0.15) is 11.5 Å². The molecule has 2 aromatic carbocycles. The number of nitrogens with zero attached hydrogens (tertiary/aromatic N) is 2. The average molecular weight is 304 g/mol. The van der Waals surface area contributed by atoms with Gasteiger partial charge in [-0.25, -0.2) is 4.98 Å². The third-order valence-electron chi connectivity index (χ3n) is 3.28. The first-order valence-electron chi connectivity index (χ1n) is 6.30. The van der Waals surface area contributed by atoms with Gasteiger partial charge in [-0.2, -0.15) is 0 Å². The van der Waals surface area contributed by atoms with Crippen LogP contribution >= 0.6 is 11.6 Å². The number of nitrogens with two attached hydrogens (primary N) is 1. The van der Waals surface area contributed by atoms with Crippen molar-refractivity contribution in [3.8, 4) is 17.2 Å². The van der Waals surface area contributed by atoms with Gasteiger partial charge in [-0.1, -0.05) is 23.7 Å². The zero-order valence-electron chi connectivity index (χ0n) is 11.6. The largest absolute Gasteiger partial charge is 0.495 e. The van der Waals surface area contributed by atoms with Gasteiger partial charge in [-0.3, -0.25) is 4.57 Å². The lowest BCUT2D eigenvalue weighted by molar-refractivity contribution is 0.393. The molecule has 0 unspecified atom stereocenters. The molecule has 0 amide bonds. The number of para-hydroxylation sites is 2. The van der Waals surface area contributed by atoms with Crippen molar-refractivity contribution >= 4 is 28.6 Å². The second kappa shape index (κ2) is 5.18. The Morgan fingerprint density at radius 2 is 1.81 bits per heavy atom. The summed E-state index contributed by atoms with van der Waals surface area (Å²) in [5.74, 6) is 1.52. The van der Waals surface area contributed by atoms with Crippen LogP contribution in [0.3, 0.4) is 0 Å². The molecule has 0 aliphatic carbocycles. The molecule has 0 bridgehead atoms. The summed E-state index contributed by atoms with van der Waals surface area (Å²) in [6.07, 6.45) is 0. The summed E-state index contributed by atoms with van der Waals surface area (Å²) in [5, 5.41) is 0.477. The van der Waals surface area contributed by atoms with Crippen LogP contribution in [0.25, 0.3) is 16.7 Å². The summed E-state index contributed by atoms with van der Waals surface area (Å²) in [5.41, 5.74) is 8.46. The molecule has 0 fully saturated rings. The summed E-state index contributed by atoms with van der Waals surface area (Å²) in [6, 6.07) is 11.2. The van der Waals surface area contributed by atoms with Gasteiger partial charge in [-0.15, -0.1) is 0 Å². The predicted molar refractivity (Wildman–Crippen MR) is 83.6 cm³/mol. The third kappa shape index (κ3) is 2.15. The molecule has 5 nitrogen and oxygen atoms in total. The molecule has 2 N–H and O–H groups in total. The highest BCUT2D eigenvalue weighted by molar-refractivity contribution is 6.32. The molecule has 0 saturated carbocycles. The van der Waals surface area contributed by atoms with E-state index in [1.807, 2.05) is 24.3 Å². The van der Waals surface area contributed by atoms with Crippen LogP contribution in [0.15, 0.2) is 36.4 Å². The van der Waals surface area contributed by atoms with Crippen molar-refractivity contribution in [1.82, 2.24) is 9.55 Å². The SMILES string of the molecule is COc1cc(OC)c(-n2c(N)nc3ccccc32)cc1Cl. The van der Waals surface area contributed by atoms with E-state index >= 15 is 0 Å². The van der Waals surface area contributed by atoms with Crippen LogP contribution < -0.4 is 15.2 Å². The van der Waals surface area contributed by atoms with E-state index in [0.29, 0.717) is 22.5 Å². The Bertz CT molecular complexity index is 814. The number of nitrogen functional groups attached to an aromatic ring is 1. The Hall–Kier alpha value is -2.40. The first-order valence-corrected chi connectivity index (χ1v) is 6.68. The zero-order valence-corrected chi connectivity index (χ0v) is 12.4. The van der Waals surface area contributed by atoms with E-state index in [0.717, 1.165) is 16.7 Å². The number of aromatic nitrogens is 2. The smallest absolute Gasteiger partial charge is 0.206 e. The van der Waals surface area contributed by atoms with E-state index in [2.05, 4.69) is 4.98 Å². The average Bonchev–Trinajstić information content (AvgIpc) is 2.82. The molecule has 1 heterocycles. The van der Waals surface area contributed by atoms with Crippen LogP contribution in [-0.4, -0.2) is 23.8 Å². The van der Waals surface area contributed by atoms with Crippen LogP contribution in [-0.2, 0) is 0 Å². The van der Waals surface area contributed by atoms with Crippen molar-refractivity contribution in [1.29, 1.82) is 0 Å². The molecule has 21 heavy (non-hydrogen) atoms. The number of imidazole rings is 1. The molecule has 1 aromatic heterocycles. The van der Waals surface area contributed by atoms with E-state index in [4.69, 9.17) is 26.8 Å². The third-order valence-corrected chi connectivity index (χ3v) is 3.58. The molecular weight excluding hydrogens is 290 g/mol. The van der Waals surface area contributed by atoms with Gasteiger partial charge in [0.15, 0.2) is 0 Å². The number of ether oxygens (including phenoxy) is 2. The topological polar surface area (TPSA) is 62.3 Å². The Balaban J connectivity index is 2.32. The highest BCUT2D eigenvalue weighted by Gasteiger charge is 2.16. The zero-order chi connectivity index (χ0) is 15.0. The fourth-order valence-corrected chi connectivity index (χ4v) is 2.55. The highest BCUT2D eigenvalue weighted by Crippen LogP contribution is 2.37. The van der Waals surface area contributed by atoms with Crippen molar-refractivity contribution in [2.45, 2.75) is 0 Å². The first kappa shape index (κ1) is 13.6. The summed E-state index contributed by atoms with van der Waals surface area (Å²) in [4.78, 5) is 4.35. The van der Waals surface area contributed by atoms with Crippen molar-refractivity contribution in [3.63, 3.8) is 0 Å². The molecule has 0 aliphatic rings. The predicted octanol–water partition coefficient (Wildman–Crippen LogP) is 3.28. The lowest BCUT2D eigenvalue weighted by Gasteiger charge is -2.14. The quantitative estimate of drug-likeness (QED) is 0.806. The minimum atomic E-state index is 0.371. The van der Waals surface area contributed by atoms with Gasteiger partial charge in [0.2, 0.25) is 5.95 Å². The van der Waals surface area contributed by atoms with Crippen molar-refractivity contribution in [2.75, 3.05) is 20.0 Å². The van der Waals surface area contributed by atoms with Crippen LogP contribution in [0, 0.1) is 0 Å². The number of methoxy groups -OCH3 is 2. The van der Waals surface area contributed by atoms with E-state index < -0.39 is 0 Å². The molecule has 0 aliphatic heterocycles. The van der Waals surface area contributed by atoms with Crippen LogP contribution in [0.5, 0.6) is 11.5 Å². The molecule has 3 rings (SSSR count). The highest BCUT2D eigenvalue weighted by atomic mass is 35.5. The lowest BCUT2D eigenvalue weighted by Crippen LogP contribution is -2.03. The van der Waals surface area contributed by atoms with Crippen molar-refractivity contribution in [2.24, 2.45) is 0 Å². The number of hydrogen-bond donors (Lipinski definition) is 1. The minimum absolute atomic E-state index is 0.371. The second-order valence-corrected chi connectivity index (χ2v) is 4.86. The fraction of sp³-hybridized carbons (Fsp3) is 0.133. The Labute approximate surface area is 126 Å². The van der Waals surface area contributed by atoms with E-state index in [1.165, 1.54) is 0 Å². The maximum Gasteiger partial charge on any atom is 0.206 e. The van der Waals surface area contributed by atoms with Crippen LogP contribution in [0.2, 0.25) is 5.02 Å². The van der Waals surface area contributed by atoms with Gasteiger partial charge in [0.05, 0.1) is 36.0 Å². The van der Waals surface area contributed by atoms with Crippen LogP contribution in [0.1, 0.15) is 0 Å². The number of benzene rings is 2. The number of hydrogen-bond acceptors (Lipinski definition) is 4. The van der Waals surface area contributed by atoms with E-state index in [-0.39, 0.29) is 0 Å². The first-order chi connectivity index (χ1) is 10.2. The minimum Gasteiger partial charge on any atom is -0.495 e. The Morgan fingerprint density at radius 3 is 2.52 bits per heavy atom. The van der Waals surface area contributed by atoms with Gasteiger partial charge in [-0.05, 0) is 18.2 Å². The van der Waals surface area contributed by atoms with Crippen molar-refractivity contribution in [3.05, 3.63) is 41.4 Å². The summed E-state index contributed by atoms with van der Waals surface area (Å²) < 4.78 is 12.4. The number of rotatable bonds is 3. The van der Waals surface area contributed by atoms with Gasteiger partial charge in [0.25, 0.3) is 0 Å². The maximum absolute atomic E-state index is 6.22. The standard InChI is InChI=1S/C15H14ClN3O2/c1-20-13-8-14(21-2)12(7-9(13)16)19-11-6-4-3-5-10(11)18-15(19)17/h3-8H,1-2H3,(H2,17,18). The number of fused-ring (bicyclic) bond motifs is 1. The fourth-order valence-electron chi connectivity index (χ4n) is 2.32. The molecule has 6 heteroatoms. The normalized spacial score (nSPS) is 10.8. The van der Waals surface area contributed by atoms with Gasteiger partial charge in [0, 0.05) is 6.07 Å². The summed E-state index contributed by atoms with van der Waals surface area (Å²) in [7, 11) is 3.14. The molecular formula is C15H14ClN3O2. The Morgan fingerprint density at radius 1 is 1.10 bits per heavy atom. The Kier molecular flexibility index (Phi) is 3.35. The molecule has 0 saturated heterocycles. The molecule has 108 valence electrons. The van der Waals surface area contributed by atoms with E-state index in [1.54, 1.807) is 30.9 Å². The molecule has 3 aromatic rings. The van der Waals surface area contributed by atoms with Crippen LogP contribution in [0.4, 0.5) is 5.95 Å². The number of halogens is 1. The number of anilines is 1. The monoisotopic (exact) mass is 303 g/mol. The second-order valence-electron chi connectivity index (χ2n) is 4.45. The maximum atomic E-state index is 6.22. The molecule has 0 atom stereocenters. The molecule has 0 spiro atoms.